The maximum atomic E-state index is 12.2. The Labute approximate surface area is 119 Å². The lowest BCUT2D eigenvalue weighted by Gasteiger charge is -2.12. The molecule has 3 nitrogen and oxygen atoms in total. The van der Waals surface area contributed by atoms with Crippen molar-refractivity contribution >= 4 is 16.8 Å². The quantitative estimate of drug-likeness (QED) is 0.882. The summed E-state index contributed by atoms with van der Waals surface area (Å²) >= 11 is 0. The summed E-state index contributed by atoms with van der Waals surface area (Å²) in [6.07, 6.45) is 5.24. The Bertz CT molecular complexity index is 636. The van der Waals surface area contributed by atoms with Crippen LogP contribution in [0.2, 0.25) is 0 Å². The summed E-state index contributed by atoms with van der Waals surface area (Å²) in [5.41, 5.74) is 4.59. The number of hydrogen-bond donors (Lipinski definition) is 2. The van der Waals surface area contributed by atoms with Crippen molar-refractivity contribution in [2.75, 3.05) is 0 Å². The first kappa shape index (κ1) is 13.2. The molecule has 1 fully saturated rings. The van der Waals surface area contributed by atoms with Gasteiger partial charge in [-0.25, -0.2) is 0 Å². The zero-order valence-corrected chi connectivity index (χ0v) is 12.3. The van der Waals surface area contributed by atoms with Gasteiger partial charge in [0.1, 0.15) is 0 Å². The van der Waals surface area contributed by atoms with Gasteiger partial charge >= 0.3 is 0 Å². The van der Waals surface area contributed by atoms with Gasteiger partial charge in [0.15, 0.2) is 0 Å². The summed E-state index contributed by atoms with van der Waals surface area (Å²) < 4.78 is 0. The molecule has 1 amide bonds. The van der Waals surface area contributed by atoms with Crippen molar-refractivity contribution in [3.8, 4) is 0 Å². The van der Waals surface area contributed by atoms with E-state index in [0.29, 0.717) is 12.5 Å². The van der Waals surface area contributed by atoms with Crippen LogP contribution in [-0.2, 0) is 11.2 Å². The zero-order valence-electron chi connectivity index (χ0n) is 12.3. The highest BCUT2D eigenvalue weighted by molar-refractivity contribution is 5.90. The van der Waals surface area contributed by atoms with Crippen LogP contribution in [-0.4, -0.2) is 16.9 Å². The lowest BCUT2D eigenvalue weighted by atomic mass is 10.1. The lowest BCUT2D eigenvalue weighted by Crippen LogP contribution is -2.33. The molecular formula is C17H22N2O. The SMILES string of the molecule is Cc1ccc2[nH]c(C)c(CC(=O)NC3CCCC3)c2c1. The number of amides is 1. The van der Waals surface area contributed by atoms with Gasteiger partial charge < -0.3 is 10.3 Å². The van der Waals surface area contributed by atoms with Crippen molar-refractivity contribution < 1.29 is 4.79 Å². The van der Waals surface area contributed by atoms with Crippen molar-refractivity contribution in [3.05, 3.63) is 35.0 Å². The second kappa shape index (κ2) is 5.31. The Morgan fingerprint density at radius 1 is 1.30 bits per heavy atom. The van der Waals surface area contributed by atoms with E-state index < -0.39 is 0 Å². The normalized spacial score (nSPS) is 15.9. The standard InChI is InChI=1S/C17H22N2O/c1-11-7-8-16-15(9-11)14(12(2)18-16)10-17(20)19-13-5-3-4-6-13/h7-9,13,18H,3-6,10H2,1-2H3,(H,19,20). The number of aryl methyl sites for hydroxylation is 2. The predicted molar refractivity (Wildman–Crippen MR) is 81.9 cm³/mol. The number of rotatable bonds is 3. The van der Waals surface area contributed by atoms with E-state index in [2.05, 4.69) is 35.4 Å². The van der Waals surface area contributed by atoms with Gasteiger partial charge in [0.2, 0.25) is 5.91 Å². The molecule has 1 aliphatic rings. The van der Waals surface area contributed by atoms with E-state index in [0.717, 1.165) is 29.6 Å². The van der Waals surface area contributed by atoms with E-state index in [1.165, 1.54) is 23.8 Å². The van der Waals surface area contributed by atoms with E-state index in [1.807, 2.05) is 6.92 Å². The maximum Gasteiger partial charge on any atom is 0.224 e. The predicted octanol–water partition coefficient (Wildman–Crippen LogP) is 3.39. The Hall–Kier alpha value is -1.77. The average Bonchev–Trinajstić information content (AvgIpc) is 3.00. The molecule has 1 aromatic carbocycles. The first-order valence-electron chi connectivity index (χ1n) is 7.50. The molecule has 1 saturated carbocycles. The molecule has 0 saturated heterocycles. The molecule has 0 spiro atoms. The molecule has 0 bridgehead atoms. The molecule has 2 N–H and O–H groups in total. The summed E-state index contributed by atoms with van der Waals surface area (Å²) in [4.78, 5) is 15.6. The Morgan fingerprint density at radius 2 is 2.05 bits per heavy atom. The van der Waals surface area contributed by atoms with E-state index >= 15 is 0 Å². The van der Waals surface area contributed by atoms with Crippen molar-refractivity contribution in [2.45, 2.75) is 52.0 Å². The number of hydrogen-bond acceptors (Lipinski definition) is 1. The number of aromatic nitrogens is 1. The minimum Gasteiger partial charge on any atom is -0.358 e. The fourth-order valence-corrected chi connectivity index (χ4v) is 3.23. The first-order valence-corrected chi connectivity index (χ1v) is 7.50. The summed E-state index contributed by atoms with van der Waals surface area (Å²) in [6, 6.07) is 6.75. The van der Waals surface area contributed by atoms with Crippen molar-refractivity contribution in [1.82, 2.24) is 10.3 Å². The number of benzene rings is 1. The van der Waals surface area contributed by atoms with E-state index in [9.17, 15) is 4.79 Å². The number of carbonyl (C=O) groups is 1. The number of carbonyl (C=O) groups excluding carboxylic acids is 1. The zero-order chi connectivity index (χ0) is 14.1. The topological polar surface area (TPSA) is 44.9 Å². The molecule has 2 aromatic rings. The molecule has 1 aliphatic carbocycles. The summed E-state index contributed by atoms with van der Waals surface area (Å²) in [5, 5.41) is 4.36. The third-order valence-corrected chi connectivity index (χ3v) is 4.33. The largest absolute Gasteiger partial charge is 0.358 e. The minimum absolute atomic E-state index is 0.155. The van der Waals surface area contributed by atoms with Crippen molar-refractivity contribution in [3.63, 3.8) is 0 Å². The number of fused-ring (bicyclic) bond motifs is 1. The van der Waals surface area contributed by atoms with Crippen LogP contribution in [0, 0.1) is 13.8 Å². The molecule has 106 valence electrons. The highest BCUT2D eigenvalue weighted by Crippen LogP contribution is 2.24. The fourth-order valence-electron chi connectivity index (χ4n) is 3.23. The van der Waals surface area contributed by atoms with E-state index in [-0.39, 0.29) is 5.91 Å². The molecular weight excluding hydrogens is 248 g/mol. The fraction of sp³-hybridized carbons (Fsp3) is 0.471. The van der Waals surface area contributed by atoms with E-state index in [1.54, 1.807) is 0 Å². The van der Waals surface area contributed by atoms with Crippen LogP contribution >= 0.6 is 0 Å². The molecule has 0 radical (unpaired) electrons. The van der Waals surface area contributed by atoms with Gasteiger partial charge in [-0.15, -0.1) is 0 Å². The van der Waals surface area contributed by atoms with Gasteiger partial charge in [-0.1, -0.05) is 24.5 Å². The molecule has 1 heterocycles. The smallest absolute Gasteiger partial charge is 0.224 e. The molecule has 0 atom stereocenters. The highest BCUT2D eigenvalue weighted by Gasteiger charge is 2.19. The second-order valence-corrected chi connectivity index (χ2v) is 6.00. The lowest BCUT2D eigenvalue weighted by molar-refractivity contribution is -0.121. The van der Waals surface area contributed by atoms with Crippen molar-refractivity contribution in [1.29, 1.82) is 0 Å². The highest BCUT2D eigenvalue weighted by atomic mass is 16.1. The van der Waals surface area contributed by atoms with Gasteiger partial charge in [-0.3, -0.25) is 4.79 Å². The second-order valence-electron chi connectivity index (χ2n) is 6.00. The van der Waals surface area contributed by atoms with Gasteiger partial charge in [0.25, 0.3) is 0 Å². The van der Waals surface area contributed by atoms with Crippen LogP contribution in [0.1, 0.15) is 42.5 Å². The van der Waals surface area contributed by atoms with Gasteiger partial charge in [-0.2, -0.15) is 0 Å². The van der Waals surface area contributed by atoms with Crippen LogP contribution in [0.3, 0.4) is 0 Å². The third-order valence-electron chi connectivity index (χ3n) is 4.33. The first-order chi connectivity index (χ1) is 9.63. The number of H-pyrrole nitrogens is 1. The van der Waals surface area contributed by atoms with E-state index in [4.69, 9.17) is 0 Å². The van der Waals surface area contributed by atoms with Crippen LogP contribution < -0.4 is 5.32 Å². The van der Waals surface area contributed by atoms with Gasteiger partial charge in [0, 0.05) is 22.6 Å². The summed E-state index contributed by atoms with van der Waals surface area (Å²) in [7, 11) is 0. The Balaban J connectivity index is 1.80. The third kappa shape index (κ3) is 2.58. The molecule has 1 aromatic heterocycles. The van der Waals surface area contributed by atoms with Gasteiger partial charge in [-0.05, 0) is 44.4 Å². The molecule has 0 aliphatic heterocycles. The summed E-state index contributed by atoms with van der Waals surface area (Å²) in [6.45, 7) is 4.14. The minimum atomic E-state index is 0.155. The molecule has 3 rings (SSSR count). The Morgan fingerprint density at radius 3 is 2.80 bits per heavy atom. The summed E-state index contributed by atoms with van der Waals surface area (Å²) in [5.74, 6) is 0.155. The van der Waals surface area contributed by atoms with Crippen LogP contribution in [0.5, 0.6) is 0 Å². The van der Waals surface area contributed by atoms with Crippen LogP contribution in [0.4, 0.5) is 0 Å². The Kier molecular flexibility index (Phi) is 3.51. The monoisotopic (exact) mass is 270 g/mol. The number of nitrogens with one attached hydrogen (secondary N) is 2. The maximum absolute atomic E-state index is 12.2. The molecule has 3 heteroatoms. The average molecular weight is 270 g/mol. The van der Waals surface area contributed by atoms with Gasteiger partial charge in [0.05, 0.1) is 6.42 Å². The number of aromatic amines is 1. The molecule has 0 unspecified atom stereocenters. The van der Waals surface area contributed by atoms with Crippen LogP contribution in [0.15, 0.2) is 18.2 Å². The molecule has 20 heavy (non-hydrogen) atoms. The van der Waals surface area contributed by atoms with Crippen LogP contribution in [0.25, 0.3) is 10.9 Å². The van der Waals surface area contributed by atoms with Crippen molar-refractivity contribution in [2.24, 2.45) is 0 Å².